The highest BCUT2D eigenvalue weighted by Gasteiger charge is 2.39. The number of carbonyl (C=O) groups excluding carboxylic acids is 1. The lowest BCUT2D eigenvalue weighted by atomic mass is 9.98. The Morgan fingerprint density at radius 3 is 2.28 bits per heavy atom. The van der Waals surface area contributed by atoms with E-state index < -0.39 is 0 Å². The fraction of sp³-hybridized carbons (Fsp3) is 0.929. The molecule has 18 heavy (non-hydrogen) atoms. The van der Waals surface area contributed by atoms with Crippen molar-refractivity contribution in [3.63, 3.8) is 0 Å². The van der Waals surface area contributed by atoms with Crippen molar-refractivity contribution < 1.29 is 9.53 Å². The quantitative estimate of drug-likeness (QED) is 0.827. The molecule has 4 heteroatoms. The van der Waals surface area contributed by atoms with Crippen LogP contribution >= 0.6 is 0 Å². The highest BCUT2D eigenvalue weighted by Crippen LogP contribution is 2.28. The number of ether oxygens (including phenoxy) is 1. The first kappa shape index (κ1) is 13.8. The molecule has 0 bridgehead atoms. The Labute approximate surface area is 110 Å². The second-order valence-corrected chi connectivity index (χ2v) is 6.85. The number of hydrogen-bond donors (Lipinski definition) is 1. The highest BCUT2D eigenvalue weighted by atomic mass is 16.5. The van der Waals surface area contributed by atoms with Gasteiger partial charge < -0.3 is 15.0 Å². The van der Waals surface area contributed by atoms with Crippen molar-refractivity contribution >= 4 is 5.91 Å². The topological polar surface area (TPSA) is 41.6 Å². The number of rotatable bonds is 4. The molecule has 1 saturated heterocycles. The van der Waals surface area contributed by atoms with Gasteiger partial charge >= 0.3 is 0 Å². The average molecular weight is 254 g/mol. The third-order valence-electron chi connectivity index (χ3n) is 3.40. The number of carbonyl (C=O) groups is 1. The van der Waals surface area contributed by atoms with E-state index in [1.807, 2.05) is 4.90 Å². The SMILES string of the molecule is CC1(C)CN(C(=O)CCNC2CC2)CC(C)(C)O1. The summed E-state index contributed by atoms with van der Waals surface area (Å²) < 4.78 is 5.98. The van der Waals surface area contributed by atoms with E-state index in [-0.39, 0.29) is 17.1 Å². The zero-order valence-electron chi connectivity index (χ0n) is 12.1. The molecule has 2 fully saturated rings. The van der Waals surface area contributed by atoms with Crippen molar-refractivity contribution in [2.45, 2.75) is 64.2 Å². The molecule has 0 atom stereocenters. The highest BCUT2D eigenvalue weighted by molar-refractivity contribution is 5.76. The zero-order valence-corrected chi connectivity index (χ0v) is 12.1. The second-order valence-electron chi connectivity index (χ2n) is 6.85. The van der Waals surface area contributed by atoms with E-state index in [2.05, 4.69) is 33.0 Å². The van der Waals surface area contributed by atoms with E-state index in [1.165, 1.54) is 12.8 Å². The largest absolute Gasteiger partial charge is 0.366 e. The van der Waals surface area contributed by atoms with Crippen LogP contribution in [0.15, 0.2) is 0 Å². The number of nitrogens with one attached hydrogen (secondary N) is 1. The van der Waals surface area contributed by atoms with Crippen LogP contribution in [0.25, 0.3) is 0 Å². The summed E-state index contributed by atoms with van der Waals surface area (Å²) >= 11 is 0. The first-order valence-electron chi connectivity index (χ1n) is 6.99. The molecule has 1 saturated carbocycles. The van der Waals surface area contributed by atoms with Crippen molar-refractivity contribution in [3.05, 3.63) is 0 Å². The van der Waals surface area contributed by atoms with Crippen molar-refractivity contribution in [1.29, 1.82) is 0 Å². The van der Waals surface area contributed by atoms with Crippen molar-refractivity contribution in [3.8, 4) is 0 Å². The summed E-state index contributed by atoms with van der Waals surface area (Å²) in [6.45, 7) is 10.4. The number of amides is 1. The molecule has 1 amide bonds. The fourth-order valence-electron chi connectivity index (χ4n) is 2.79. The minimum atomic E-state index is -0.249. The Balaban J connectivity index is 1.83. The average Bonchev–Trinajstić information content (AvgIpc) is 2.96. The van der Waals surface area contributed by atoms with E-state index >= 15 is 0 Å². The Morgan fingerprint density at radius 2 is 1.78 bits per heavy atom. The van der Waals surface area contributed by atoms with Crippen molar-refractivity contribution in [2.75, 3.05) is 19.6 Å². The van der Waals surface area contributed by atoms with Gasteiger partial charge in [-0.3, -0.25) is 4.79 Å². The molecule has 1 heterocycles. The molecular weight excluding hydrogens is 228 g/mol. The predicted molar refractivity (Wildman–Crippen MR) is 71.5 cm³/mol. The van der Waals surface area contributed by atoms with Crippen LogP contribution in [0.2, 0.25) is 0 Å². The first-order valence-corrected chi connectivity index (χ1v) is 6.99. The summed E-state index contributed by atoms with van der Waals surface area (Å²) in [6, 6.07) is 0.676. The van der Waals surface area contributed by atoms with Crippen LogP contribution in [0.3, 0.4) is 0 Å². The summed E-state index contributed by atoms with van der Waals surface area (Å²) in [4.78, 5) is 14.2. The smallest absolute Gasteiger partial charge is 0.224 e. The van der Waals surface area contributed by atoms with Crippen molar-refractivity contribution in [2.24, 2.45) is 0 Å². The maximum atomic E-state index is 12.2. The molecule has 0 radical (unpaired) electrons. The second kappa shape index (κ2) is 4.82. The molecule has 0 aromatic heterocycles. The lowest BCUT2D eigenvalue weighted by molar-refractivity contribution is -0.187. The molecule has 0 aromatic carbocycles. The third-order valence-corrected chi connectivity index (χ3v) is 3.40. The van der Waals surface area contributed by atoms with Crippen LogP contribution in [0.5, 0.6) is 0 Å². The van der Waals surface area contributed by atoms with Gasteiger partial charge in [0, 0.05) is 32.1 Å². The molecule has 1 N–H and O–H groups in total. The lowest BCUT2D eigenvalue weighted by Gasteiger charge is -2.47. The normalized spacial score (nSPS) is 26.1. The summed E-state index contributed by atoms with van der Waals surface area (Å²) in [5, 5.41) is 3.39. The van der Waals surface area contributed by atoms with E-state index in [0.29, 0.717) is 25.6 Å². The maximum absolute atomic E-state index is 12.2. The molecule has 1 aliphatic carbocycles. The fourth-order valence-corrected chi connectivity index (χ4v) is 2.79. The van der Waals surface area contributed by atoms with Gasteiger partial charge in [-0.1, -0.05) is 0 Å². The van der Waals surface area contributed by atoms with Gasteiger partial charge in [0.2, 0.25) is 5.91 Å². The number of hydrogen-bond acceptors (Lipinski definition) is 3. The Bertz CT molecular complexity index is 306. The Morgan fingerprint density at radius 1 is 1.22 bits per heavy atom. The lowest BCUT2D eigenvalue weighted by Crippen LogP contribution is -2.58. The van der Waals surface area contributed by atoms with E-state index in [4.69, 9.17) is 4.74 Å². The standard InChI is InChI=1S/C14H26N2O2/c1-13(2)9-16(10-14(3,4)18-13)12(17)7-8-15-11-5-6-11/h11,15H,5-10H2,1-4H3. The van der Waals surface area contributed by atoms with Crippen LogP contribution < -0.4 is 5.32 Å². The van der Waals surface area contributed by atoms with Gasteiger partial charge in [-0.25, -0.2) is 0 Å². The van der Waals surface area contributed by atoms with Crippen LogP contribution in [-0.2, 0) is 9.53 Å². The number of morpholine rings is 1. The Hall–Kier alpha value is -0.610. The summed E-state index contributed by atoms with van der Waals surface area (Å²) in [5.41, 5.74) is -0.497. The van der Waals surface area contributed by atoms with Gasteiger partial charge in [0.1, 0.15) is 0 Å². The zero-order chi connectivity index (χ0) is 13.4. The third kappa shape index (κ3) is 3.95. The minimum Gasteiger partial charge on any atom is -0.366 e. The molecule has 0 spiro atoms. The minimum absolute atomic E-state index is 0.243. The molecule has 2 aliphatic rings. The number of nitrogens with zero attached hydrogens (tertiary/aromatic N) is 1. The van der Waals surface area contributed by atoms with Gasteiger partial charge in [-0.15, -0.1) is 0 Å². The van der Waals surface area contributed by atoms with Crippen LogP contribution in [-0.4, -0.2) is 47.7 Å². The molecule has 1 aliphatic heterocycles. The van der Waals surface area contributed by atoms with E-state index in [0.717, 1.165) is 6.54 Å². The van der Waals surface area contributed by atoms with Crippen molar-refractivity contribution in [1.82, 2.24) is 10.2 Å². The molecule has 0 unspecified atom stereocenters. The molecule has 4 nitrogen and oxygen atoms in total. The molecule has 2 rings (SSSR count). The van der Waals surface area contributed by atoms with E-state index in [9.17, 15) is 4.79 Å². The van der Waals surface area contributed by atoms with Gasteiger partial charge in [0.05, 0.1) is 11.2 Å². The van der Waals surface area contributed by atoms with Crippen LogP contribution in [0, 0.1) is 0 Å². The van der Waals surface area contributed by atoms with E-state index in [1.54, 1.807) is 0 Å². The van der Waals surface area contributed by atoms with Gasteiger partial charge in [-0.2, -0.15) is 0 Å². The Kier molecular flexibility index (Phi) is 3.70. The summed E-state index contributed by atoms with van der Waals surface area (Å²) in [6.07, 6.45) is 3.14. The monoisotopic (exact) mass is 254 g/mol. The maximum Gasteiger partial charge on any atom is 0.224 e. The van der Waals surface area contributed by atoms with Crippen LogP contribution in [0.1, 0.15) is 47.0 Å². The van der Waals surface area contributed by atoms with Gasteiger partial charge in [-0.05, 0) is 40.5 Å². The van der Waals surface area contributed by atoms with Crippen LogP contribution in [0.4, 0.5) is 0 Å². The summed E-state index contributed by atoms with van der Waals surface area (Å²) in [7, 11) is 0. The first-order chi connectivity index (χ1) is 8.27. The van der Waals surface area contributed by atoms with Gasteiger partial charge in [0.15, 0.2) is 0 Å². The molecular formula is C14H26N2O2. The summed E-state index contributed by atoms with van der Waals surface area (Å²) in [5.74, 6) is 0.243. The molecule has 104 valence electrons. The predicted octanol–water partition coefficient (Wildman–Crippen LogP) is 1.54. The van der Waals surface area contributed by atoms with Gasteiger partial charge in [0.25, 0.3) is 0 Å². The molecule has 0 aromatic rings.